The normalized spacial score (nSPS) is 12.0. The lowest BCUT2D eigenvalue weighted by Gasteiger charge is -2.17. The number of aromatic nitrogens is 2. The molecule has 1 heterocycles. The number of hydrogen-bond donors (Lipinski definition) is 1. The smallest absolute Gasteiger partial charge is 0.148 e. The second kappa shape index (κ2) is 6.37. The third-order valence-corrected chi connectivity index (χ3v) is 2.98. The molecule has 1 N–H and O–H groups in total. The average molecular weight is 271 g/mol. The van der Waals surface area contributed by atoms with E-state index in [9.17, 15) is 0 Å². The molecule has 1 atom stereocenters. The van der Waals surface area contributed by atoms with Gasteiger partial charge in [-0.25, -0.2) is 4.98 Å². The molecule has 20 heavy (non-hydrogen) atoms. The first-order valence-corrected chi connectivity index (χ1v) is 6.81. The Morgan fingerprint density at radius 2 is 1.85 bits per heavy atom. The van der Waals surface area contributed by atoms with Crippen LogP contribution < -0.4 is 10.1 Å². The van der Waals surface area contributed by atoms with Gasteiger partial charge in [-0.1, -0.05) is 17.7 Å². The lowest BCUT2D eigenvalue weighted by atomic mass is 10.2. The molecule has 0 saturated carbocycles. The van der Waals surface area contributed by atoms with Gasteiger partial charge in [-0.05, 0) is 39.8 Å². The second-order valence-corrected chi connectivity index (χ2v) is 5.11. The van der Waals surface area contributed by atoms with Crippen molar-refractivity contribution in [3.63, 3.8) is 0 Å². The monoisotopic (exact) mass is 271 g/mol. The summed E-state index contributed by atoms with van der Waals surface area (Å²) < 4.78 is 5.75. The van der Waals surface area contributed by atoms with Gasteiger partial charge in [0.1, 0.15) is 18.2 Å². The van der Waals surface area contributed by atoms with E-state index in [1.807, 2.05) is 38.1 Å². The van der Waals surface area contributed by atoms with Crippen molar-refractivity contribution in [3.05, 3.63) is 47.4 Å². The van der Waals surface area contributed by atoms with Gasteiger partial charge in [0.15, 0.2) is 0 Å². The molecule has 4 nitrogen and oxygen atoms in total. The quantitative estimate of drug-likeness (QED) is 0.906. The molecule has 0 spiro atoms. The Balaban J connectivity index is 1.90. The van der Waals surface area contributed by atoms with Gasteiger partial charge in [0, 0.05) is 6.20 Å². The van der Waals surface area contributed by atoms with Gasteiger partial charge in [0.25, 0.3) is 0 Å². The van der Waals surface area contributed by atoms with Crippen LogP contribution in [0.4, 0.5) is 5.82 Å². The van der Waals surface area contributed by atoms with E-state index in [0.29, 0.717) is 6.61 Å². The van der Waals surface area contributed by atoms with E-state index in [1.54, 1.807) is 6.20 Å². The minimum atomic E-state index is 0.158. The number of ether oxygens (including phenoxy) is 1. The van der Waals surface area contributed by atoms with E-state index in [0.717, 1.165) is 23.0 Å². The Hall–Kier alpha value is -2.10. The molecule has 2 aromatic rings. The van der Waals surface area contributed by atoms with Crippen molar-refractivity contribution < 1.29 is 4.74 Å². The van der Waals surface area contributed by atoms with Crippen molar-refractivity contribution in [2.24, 2.45) is 0 Å². The predicted molar refractivity (Wildman–Crippen MR) is 81.3 cm³/mol. The molecule has 0 aliphatic rings. The zero-order valence-electron chi connectivity index (χ0n) is 12.5. The van der Waals surface area contributed by atoms with Crippen molar-refractivity contribution in [1.82, 2.24) is 9.97 Å². The fourth-order valence-corrected chi connectivity index (χ4v) is 1.81. The molecule has 4 heteroatoms. The molecule has 0 amide bonds. The third-order valence-electron chi connectivity index (χ3n) is 2.98. The van der Waals surface area contributed by atoms with Crippen molar-refractivity contribution >= 4 is 5.82 Å². The summed E-state index contributed by atoms with van der Waals surface area (Å²) in [7, 11) is 0. The lowest BCUT2D eigenvalue weighted by Crippen LogP contribution is -2.24. The number of anilines is 1. The highest BCUT2D eigenvalue weighted by molar-refractivity contribution is 5.40. The molecule has 0 aliphatic carbocycles. The fraction of sp³-hybridized carbons (Fsp3) is 0.375. The van der Waals surface area contributed by atoms with E-state index in [2.05, 4.69) is 29.1 Å². The molecular formula is C16H21N3O. The van der Waals surface area contributed by atoms with Crippen LogP contribution in [0.15, 0.2) is 30.5 Å². The maximum absolute atomic E-state index is 5.75. The van der Waals surface area contributed by atoms with Gasteiger partial charge in [-0.2, -0.15) is 0 Å². The Labute approximate surface area is 120 Å². The standard InChI is InChI=1S/C16H21N3O/c1-11-5-7-15(8-6-11)20-10-13(3)19-16-14(4)17-9-12(2)18-16/h5-9,13H,10H2,1-4H3,(H,18,19). The summed E-state index contributed by atoms with van der Waals surface area (Å²) in [5, 5.41) is 3.33. The largest absolute Gasteiger partial charge is 0.491 e. The van der Waals surface area contributed by atoms with E-state index in [-0.39, 0.29) is 6.04 Å². The van der Waals surface area contributed by atoms with Crippen LogP contribution >= 0.6 is 0 Å². The highest BCUT2D eigenvalue weighted by atomic mass is 16.5. The summed E-state index contributed by atoms with van der Waals surface area (Å²) in [5.41, 5.74) is 3.04. The molecule has 1 unspecified atom stereocenters. The van der Waals surface area contributed by atoms with E-state index in [4.69, 9.17) is 4.74 Å². The van der Waals surface area contributed by atoms with Crippen LogP contribution in [0.5, 0.6) is 5.75 Å². The first-order valence-electron chi connectivity index (χ1n) is 6.81. The van der Waals surface area contributed by atoms with Crippen LogP contribution in [-0.4, -0.2) is 22.6 Å². The highest BCUT2D eigenvalue weighted by Crippen LogP contribution is 2.13. The molecule has 0 saturated heterocycles. The molecule has 0 aliphatic heterocycles. The second-order valence-electron chi connectivity index (χ2n) is 5.11. The van der Waals surface area contributed by atoms with Gasteiger partial charge in [-0.15, -0.1) is 0 Å². The Kier molecular flexibility index (Phi) is 4.56. The molecule has 0 radical (unpaired) electrons. The minimum absolute atomic E-state index is 0.158. The van der Waals surface area contributed by atoms with Crippen LogP contribution in [-0.2, 0) is 0 Å². The summed E-state index contributed by atoms with van der Waals surface area (Å²) >= 11 is 0. The SMILES string of the molecule is Cc1ccc(OCC(C)Nc2nc(C)cnc2C)cc1. The van der Waals surface area contributed by atoms with Crippen LogP contribution in [0.3, 0.4) is 0 Å². The predicted octanol–water partition coefficient (Wildman–Crippen LogP) is 3.28. The molecule has 0 bridgehead atoms. The Bertz CT molecular complexity index is 566. The average Bonchev–Trinajstić information content (AvgIpc) is 2.42. The van der Waals surface area contributed by atoms with E-state index >= 15 is 0 Å². The van der Waals surface area contributed by atoms with Crippen LogP contribution in [0.2, 0.25) is 0 Å². The maximum atomic E-state index is 5.75. The first kappa shape index (κ1) is 14.3. The van der Waals surface area contributed by atoms with Crippen molar-refractivity contribution in [1.29, 1.82) is 0 Å². The third kappa shape index (κ3) is 3.95. The Morgan fingerprint density at radius 1 is 1.15 bits per heavy atom. The molecule has 0 fully saturated rings. The number of nitrogens with one attached hydrogen (secondary N) is 1. The number of hydrogen-bond acceptors (Lipinski definition) is 4. The van der Waals surface area contributed by atoms with Crippen LogP contribution in [0.25, 0.3) is 0 Å². The summed E-state index contributed by atoms with van der Waals surface area (Å²) in [6, 6.07) is 8.22. The zero-order valence-corrected chi connectivity index (χ0v) is 12.5. The number of benzene rings is 1. The zero-order chi connectivity index (χ0) is 14.5. The lowest BCUT2D eigenvalue weighted by molar-refractivity contribution is 0.303. The van der Waals surface area contributed by atoms with Crippen LogP contribution in [0, 0.1) is 20.8 Å². The van der Waals surface area contributed by atoms with Gasteiger partial charge in [0.05, 0.1) is 17.4 Å². The van der Waals surface area contributed by atoms with Crippen molar-refractivity contribution in [2.45, 2.75) is 33.7 Å². The fourth-order valence-electron chi connectivity index (χ4n) is 1.81. The molecule has 2 rings (SSSR count). The summed E-state index contributed by atoms with van der Waals surface area (Å²) in [5.74, 6) is 1.71. The van der Waals surface area contributed by atoms with Gasteiger partial charge in [-0.3, -0.25) is 4.98 Å². The van der Waals surface area contributed by atoms with Gasteiger partial charge in [0.2, 0.25) is 0 Å². The molecular weight excluding hydrogens is 250 g/mol. The first-order chi connectivity index (χ1) is 9.54. The van der Waals surface area contributed by atoms with Crippen molar-refractivity contribution in [3.8, 4) is 5.75 Å². The molecule has 1 aromatic heterocycles. The van der Waals surface area contributed by atoms with E-state index in [1.165, 1.54) is 5.56 Å². The number of rotatable bonds is 5. The molecule has 1 aromatic carbocycles. The maximum Gasteiger partial charge on any atom is 0.148 e. The van der Waals surface area contributed by atoms with Crippen molar-refractivity contribution in [2.75, 3.05) is 11.9 Å². The highest BCUT2D eigenvalue weighted by Gasteiger charge is 2.07. The number of nitrogens with zero attached hydrogens (tertiary/aromatic N) is 2. The van der Waals surface area contributed by atoms with E-state index < -0.39 is 0 Å². The van der Waals surface area contributed by atoms with Crippen LogP contribution in [0.1, 0.15) is 23.9 Å². The summed E-state index contributed by atoms with van der Waals surface area (Å²) in [4.78, 5) is 8.74. The minimum Gasteiger partial charge on any atom is -0.491 e. The van der Waals surface area contributed by atoms with Gasteiger partial charge >= 0.3 is 0 Å². The summed E-state index contributed by atoms with van der Waals surface area (Å²) in [6.07, 6.45) is 1.77. The number of aryl methyl sites for hydroxylation is 3. The summed E-state index contributed by atoms with van der Waals surface area (Å²) in [6.45, 7) is 8.59. The topological polar surface area (TPSA) is 47.0 Å². The Morgan fingerprint density at radius 3 is 2.55 bits per heavy atom. The molecule has 106 valence electrons. The van der Waals surface area contributed by atoms with Gasteiger partial charge < -0.3 is 10.1 Å².